The second kappa shape index (κ2) is 10.2. The van der Waals surface area contributed by atoms with E-state index in [1.165, 1.54) is 12.8 Å². The average molecular weight is 329 g/mol. The first-order valence-corrected chi connectivity index (χ1v) is 7.57. The van der Waals surface area contributed by atoms with Crippen LogP contribution in [0.1, 0.15) is 26.2 Å². The molecule has 0 aromatic heterocycles. The lowest BCUT2D eigenvalue weighted by atomic mass is 10.2. The molecule has 0 radical (unpaired) electrons. The van der Waals surface area contributed by atoms with Gasteiger partial charge in [-0.25, -0.2) is 0 Å². The largest absolute Gasteiger partial charge is 0.320 e. The van der Waals surface area contributed by atoms with E-state index in [0.29, 0.717) is 5.25 Å². The summed E-state index contributed by atoms with van der Waals surface area (Å²) in [7, 11) is 1.99. The molecule has 1 unspecified atom stereocenters. The maximum atomic E-state index is 6.18. The second-order valence-corrected chi connectivity index (χ2v) is 6.18. The first kappa shape index (κ1) is 18.4. The van der Waals surface area contributed by atoms with Crippen LogP contribution < -0.4 is 5.32 Å². The zero-order valence-corrected chi connectivity index (χ0v) is 13.9. The molecule has 1 nitrogen and oxygen atoms in total. The van der Waals surface area contributed by atoms with Crippen molar-refractivity contribution < 1.29 is 0 Å². The summed E-state index contributed by atoms with van der Waals surface area (Å²) in [5, 5.41) is 5.34. The third kappa shape index (κ3) is 6.53. The molecule has 0 amide bonds. The van der Waals surface area contributed by atoms with Crippen LogP contribution in [-0.2, 0) is 0 Å². The van der Waals surface area contributed by atoms with E-state index in [4.69, 9.17) is 23.2 Å². The molecule has 0 aliphatic heterocycles. The molecule has 104 valence electrons. The molecule has 0 aliphatic carbocycles. The van der Waals surface area contributed by atoms with Crippen molar-refractivity contribution in [1.29, 1.82) is 0 Å². The summed E-state index contributed by atoms with van der Waals surface area (Å²) in [6.45, 7) is 3.25. The number of benzene rings is 1. The van der Waals surface area contributed by atoms with Gasteiger partial charge in [-0.3, -0.25) is 0 Å². The summed E-state index contributed by atoms with van der Waals surface area (Å²) >= 11 is 14.0. The van der Waals surface area contributed by atoms with Gasteiger partial charge in [0.2, 0.25) is 0 Å². The van der Waals surface area contributed by atoms with Crippen LogP contribution in [-0.4, -0.2) is 18.8 Å². The Kier molecular flexibility index (Phi) is 10.4. The van der Waals surface area contributed by atoms with Crippen molar-refractivity contribution in [2.75, 3.05) is 13.6 Å². The topological polar surface area (TPSA) is 12.0 Å². The molecule has 1 atom stereocenters. The summed E-state index contributed by atoms with van der Waals surface area (Å²) < 4.78 is 0. The monoisotopic (exact) mass is 327 g/mol. The Morgan fingerprint density at radius 2 is 2.00 bits per heavy atom. The highest BCUT2D eigenvalue weighted by molar-refractivity contribution is 8.00. The predicted molar refractivity (Wildman–Crippen MR) is 86.8 cm³/mol. The quantitative estimate of drug-likeness (QED) is 0.683. The minimum absolute atomic E-state index is 0. The Hall–Kier alpha value is 0.400. The summed E-state index contributed by atoms with van der Waals surface area (Å²) in [5.41, 5.74) is 0. The van der Waals surface area contributed by atoms with Gasteiger partial charge in [0, 0.05) is 15.2 Å². The molecule has 1 aromatic rings. The Balaban J connectivity index is 0.00000289. The summed E-state index contributed by atoms with van der Waals surface area (Å²) in [4.78, 5) is 1.09. The first-order valence-electron chi connectivity index (χ1n) is 5.93. The molecular weight excluding hydrogens is 309 g/mol. The molecule has 0 aliphatic rings. The molecule has 5 heteroatoms. The number of nitrogens with one attached hydrogen (secondary N) is 1. The molecule has 18 heavy (non-hydrogen) atoms. The zero-order chi connectivity index (χ0) is 12.7. The Labute approximate surface area is 130 Å². The maximum absolute atomic E-state index is 6.18. The highest BCUT2D eigenvalue weighted by Gasteiger charge is 2.11. The summed E-state index contributed by atoms with van der Waals surface area (Å²) in [5.74, 6) is 0. The summed E-state index contributed by atoms with van der Waals surface area (Å²) in [6, 6.07) is 5.65. The number of thioether (sulfide) groups is 1. The fourth-order valence-electron chi connectivity index (χ4n) is 1.64. The normalized spacial score (nSPS) is 12.0. The van der Waals surface area contributed by atoms with Crippen LogP contribution in [0.3, 0.4) is 0 Å². The van der Waals surface area contributed by atoms with Gasteiger partial charge in [0.15, 0.2) is 0 Å². The van der Waals surface area contributed by atoms with Crippen LogP contribution in [0.4, 0.5) is 0 Å². The number of hydrogen-bond acceptors (Lipinski definition) is 2. The molecule has 0 bridgehead atoms. The lowest BCUT2D eigenvalue weighted by Crippen LogP contribution is -2.14. The minimum atomic E-state index is 0. The smallest absolute Gasteiger partial charge is 0.0542 e. The van der Waals surface area contributed by atoms with Crippen LogP contribution in [0.25, 0.3) is 0 Å². The van der Waals surface area contributed by atoms with Crippen molar-refractivity contribution >= 4 is 47.4 Å². The van der Waals surface area contributed by atoms with Gasteiger partial charge in [-0.1, -0.05) is 36.5 Å². The van der Waals surface area contributed by atoms with Crippen molar-refractivity contribution in [3.05, 3.63) is 28.2 Å². The highest BCUT2D eigenvalue weighted by atomic mass is 35.5. The molecule has 1 aromatic carbocycles. The maximum Gasteiger partial charge on any atom is 0.0542 e. The standard InChI is InChI=1S/C13H19Cl2NS.ClH/c1-3-4-11(7-8-16-2)17-13-9-10(14)5-6-12(13)15;/h5-6,9,11,16H,3-4,7-8H2,1-2H3;1H. The fraction of sp³-hybridized carbons (Fsp3) is 0.538. The number of hydrogen-bond donors (Lipinski definition) is 1. The van der Waals surface area contributed by atoms with Crippen LogP contribution in [0.5, 0.6) is 0 Å². The van der Waals surface area contributed by atoms with Gasteiger partial charge >= 0.3 is 0 Å². The van der Waals surface area contributed by atoms with E-state index in [1.807, 2.05) is 37.0 Å². The van der Waals surface area contributed by atoms with Gasteiger partial charge in [0.05, 0.1) is 5.02 Å². The van der Waals surface area contributed by atoms with Crippen LogP contribution >= 0.6 is 47.4 Å². The number of halogens is 3. The molecule has 0 heterocycles. The number of rotatable bonds is 7. The van der Waals surface area contributed by atoms with E-state index >= 15 is 0 Å². The van der Waals surface area contributed by atoms with Crippen molar-refractivity contribution in [1.82, 2.24) is 5.32 Å². The van der Waals surface area contributed by atoms with Crippen LogP contribution in [0.15, 0.2) is 23.1 Å². The van der Waals surface area contributed by atoms with Gasteiger partial charge < -0.3 is 5.32 Å². The first-order chi connectivity index (χ1) is 8.17. The van der Waals surface area contributed by atoms with Gasteiger partial charge in [0.25, 0.3) is 0 Å². The molecular formula is C13H20Cl3NS. The fourth-order valence-corrected chi connectivity index (χ4v) is 3.45. The van der Waals surface area contributed by atoms with E-state index in [0.717, 1.165) is 27.9 Å². The molecule has 0 saturated heterocycles. The van der Waals surface area contributed by atoms with Gasteiger partial charge in [0.1, 0.15) is 0 Å². The van der Waals surface area contributed by atoms with Gasteiger partial charge in [-0.15, -0.1) is 24.2 Å². The van der Waals surface area contributed by atoms with Gasteiger partial charge in [-0.2, -0.15) is 0 Å². The van der Waals surface area contributed by atoms with E-state index in [9.17, 15) is 0 Å². The summed E-state index contributed by atoms with van der Waals surface area (Å²) in [6.07, 6.45) is 3.55. The average Bonchev–Trinajstić information content (AvgIpc) is 2.31. The van der Waals surface area contributed by atoms with E-state index < -0.39 is 0 Å². The second-order valence-electron chi connectivity index (χ2n) is 4.00. The third-order valence-electron chi connectivity index (χ3n) is 2.51. The molecule has 1 N–H and O–H groups in total. The van der Waals surface area contributed by atoms with Crippen LogP contribution in [0.2, 0.25) is 10.0 Å². The molecule has 0 spiro atoms. The minimum Gasteiger partial charge on any atom is -0.320 e. The molecule has 0 fully saturated rings. The predicted octanol–water partition coefficient (Wildman–Crippen LogP) is 5.29. The SMILES string of the molecule is CCCC(CCNC)Sc1cc(Cl)ccc1Cl.Cl. The van der Waals surface area contributed by atoms with Gasteiger partial charge in [-0.05, 0) is 44.6 Å². The van der Waals surface area contributed by atoms with Crippen molar-refractivity contribution in [2.45, 2.75) is 36.3 Å². The van der Waals surface area contributed by atoms with Crippen molar-refractivity contribution in [2.24, 2.45) is 0 Å². The molecule has 1 rings (SSSR count). The van der Waals surface area contributed by atoms with E-state index in [2.05, 4.69) is 12.2 Å². The Morgan fingerprint density at radius 1 is 1.28 bits per heavy atom. The van der Waals surface area contributed by atoms with Crippen molar-refractivity contribution in [3.63, 3.8) is 0 Å². The zero-order valence-electron chi connectivity index (χ0n) is 10.7. The van der Waals surface area contributed by atoms with E-state index in [1.54, 1.807) is 0 Å². The van der Waals surface area contributed by atoms with E-state index in [-0.39, 0.29) is 12.4 Å². The van der Waals surface area contributed by atoms with Crippen LogP contribution in [0, 0.1) is 0 Å². The van der Waals surface area contributed by atoms with Crippen molar-refractivity contribution in [3.8, 4) is 0 Å². The lowest BCUT2D eigenvalue weighted by Gasteiger charge is -2.16. The molecule has 0 saturated carbocycles. The Morgan fingerprint density at radius 3 is 2.61 bits per heavy atom. The highest BCUT2D eigenvalue weighted by Crippen LogP contribution is 2.35. The Bertz CT molecular complexity index is 347. The third-order valence-corrected chi connectivity index (χ3v) is 4.59. The lowest BCUT2D eigenvalue weighted by molar-refractivity contribution is 0.648.